The standard InChI is InChI=1S/C21H22N2O3/c1-16-19(22-20(26-16)18-11-7-4-8-12-18)21(24)23(13-14-25-2)15-17-9-5-3-6-10-17/h3-12H,13-15H2,1-2H3. The summed E-state index contributed by atoms with van der Waals surface area (Å²) in [6.45, 7) is 3.21. The highest BCUT2D eigenvalue weighted by Gasteiger charge is 2.23. The van der Waals surface area contributed by atoms with E-state index in [0.717, 1.165) is 11.1 Å². The van der Waals surface area contributed by atoms with Gasteiger partial charge in [0.25, 0.3) is 5.91 Å². The van der Waals surface area contributed by atoms with Crippen molar-refractivity contribution in [1.82, 2.24) is 9.88 Å². The summed E-state index contributed by atoms with van der Waals surface area (Å²) in [5.74, 6) is 0.816. The lowest BCUT2D eigenvalue weighted by Gasteiger charge is -2.21. The first-order valence-electron chi connectivity index (χ1n) is 8.54. The third kappa shape index (κ3) is 4.18. The molecule has 1 aromatic heterocycles. The molecule has 0 spiro atoms. The van der Waals surface area contributed by atoms with Gasteiger partial charge in [-0.15, -0.1) is 0 Å². The fraction of sp³-hybridized carbons (Fsp3) is 0.238. The maximum Gasteiger partial charge on any atom is 0.276 e. The number of methoxy groups -OCH3 is 1. The molecule has 5 nitrogen and oxygen atoms in total. The SMILES string of the molecule is COCCN(Cc1ccccc1)C(=O)c1nc(-c2ccccc2)oc1C. The Morgan fingerprint density at radius 3 is 2.38 bits per heavy atom. The largest absolute Gasteiger partial charge is 0.441 e. The lowest BCUT2D eigenvalue weighted by Crippen LogP contribution is -2.34. The normalized spacial score (nSPS) is 10.7. The maximum atomic E-state index is 13.1. The van der Waals surface area contributed by atoms with Gasteiger partial charge in [-0.05, 0) is 24.6 Å². The van der Waals surface area contributed by atoms with Crippen molar-refractivity contribution in [2.75, 3.05) is 20.3 Å². The molecule has 0 atom stereocenters. The predicted molar refractivity (Wildman–Crippen MR) is 99.7 cm³/mol. The van der Waals surface area contributed by atoms with E-state index in [0.29, 0.717) is 37.0 Å². The van der Waals surface area contributed by atoms with Crippen LogP contribution in [0.3, 0.4) is 0 Å². The molecule has 0 saturated carbocycles. The molecule has 26 heavy (non-hydrogen) atoms. The van der Waals surface area contributed by atoms with Gasteiger partial charge in [-0.25, -0.2) is 4.98 Å². The lowest BCUT2D eigenvalue weighted by atomic mass is 10.2. The fourth-order valence-corrected chi connectivity index (χ4v) is 2.71. The molecule has 0 bridgehead atoms. The van der Waals surface area contributed by atoms with E-state index in [2.05, 4.69) is 4.98 Å². The van der Waals surface area contributed by atoms with Crippen LogP contribution < -0.4 is 0 Å². The molecule has 0 fully saturated rings. The molecule has 134 valence electrons. The van der Waals surface area contributed by atoms with Crippen molar-refractivity contribution in [3.05, 3.63) is 77.7 Å². The smallest absolute Gasteiger partial charge is 0.276 e. The van der Waals surface area contributed by atoms with Gasteiger partial charge in [0.1, 0.15) is 5.76 Å². The minimum atomic E-state index is -0.158. The molecule has 0 aliphatic heterocycles. The van der Waals surface area contributed by atoms with Crippen LogP contribution in [-0.2, 0) is 11.3 Å². The van der Waals surface area contributed by atoms with Crippen molar-refractivity contribution >= 4 is 5.91 Å². The molecule has 5 heteroatoms. The number of benzene rings is 2. The van der Waals surface area contributed by atoms with Gasteiger partial charge in [-0.3, -0.25) is 4.79 Å². The van der Waals surface area contributed by atoms with Gasteiger partial charge in [-0.2, -0.15) is 0 Å². The van der Waals surface area contributed by atoms with E-state index in [4.69, 9.17) is 9.15 Å². The molecule has 0 radical (unpaired) electrons. The predicted octanol–water partition coefficient (Wildman–Crippen LogP) is 3.94. The Labute approximate surface area is 153 Å². The van der Waals surface area contributed by atoms with E-state index in [1.165, 1.54) is 0 Å². The Balaban J connectivity index is 1.85. The second kappa shape index (κ2) is 8.45. The molecule has 3 aromatic rings. The van der Waals surface area contributed by atoms with Crippen molar-refractivity contribution in [3.63, 3.8) is 0 Å². The van der Waals surface area contributed by atoms with Gasteiger partial charge < -0.3 is 14.1 Å². The number of aromatic nitrogens is 1. The van der Waals surface area contributed by atoms with Crippen LogP contribution in [0.25, 0.3) is 11.5 Å². The first-order valence-corrected chi connectivity index (χ1v) is 8.54. The van der Waals surface area contributed by atoms with Gasteiger partial charge in [-0.1, -0.05) is 48.5 Å². The summed E-state index contributed by atoms with van der Waals surface area (Å²) >= 11 is 0. The molecule has 0 aliphatic carbocycles. The number of rotatable bonds is 7. The highest BCUT2D eigenvalue weighted by Crippen LogP contribution is 2.22. The van der Waals surface area contributed by atoms with Gasteiger partial charge in [0.15, 0.2) is 5.69 Å². The van der Waals surface area contributed by atoms with E-state index >= 15 is 0 Å². The molecule has 1 amide bonds. The third-order valence-electron chi connectivity index (χ3n) is 4.09. The molecule has 2 aromatic carbocycles. The number of ether oxygens (including phenoxy) is 1. The van der Waals surface area contributed by atoms with Crippen LogP contribution in [0.2, 0.25) is 0 Å². The monoisotopic (exact) mass is 350 g/mol. The Morgan fingerprint density at radius 1 is 1.08 bits per heavy atom. The Bertz CT molecular complexity index is 844. The average molecular weight is 350 g/mol. The lowest BCUT2D eigenvalue weighted by molar-refractivity contribution is 0.0673. The van der Waals surface area contributed by atoms with Gasteiger partial charge in [0, 0.05) is 25.8 Å². The zero-order valence-electron chi connectivity index (χ0n) is 15.0. The van der Waals surface area contributed by atoms with E-state index in [9.17, 15) is 4.79 Å². The van der Waals surface area contributed by atoms with Crippen LogP contribution in [0.4, 0.5) is 0 Å². The summed E-state index contributed by atoms with van der Waals surface area (Å²) < 4.78 is 10.9. The summed E-state index contributed by atoms with van der Waals surface area (Å²) in [5.41, 5.74) is 2.25. The second-order valence-electron chi connectivity index (χ2n) is 5.99. The van der Waals surface area contributed by atoms with Crippen molar-refractivity contribution in [2.45, 2.75) is 13.5 Å². The van der Waals surface area contributed by atoms with Crippen LogP contribution >= 0.6 is 0 Å². The molecule has 0 saturated heterocycles. The highest BCUT2D eigenvalue weighted by molar-refractivity contribution is 5.93. The maximum absolute atomic E-state index is 13.1. The van der Waals surface area contributed by atoms with Gasteiger partial charge in [0.05, 0.1) is 6.61 Å². The summed E-state index contributed by atoms with van der Waals surface area (Å²) in [5, 5.41) is 0. The molecule has 0 aliphatic rings. The topological polar surface area (TPSA) is 55.6 Å². The van der Waals surface area contributed by atoms with Crippen molar-refractivity contribution in [2.24, 2.45) is 0 Å². The minimum absolute atomic E-state index is 0.158. The summed E-state index contributed by atoms with van der Waals surface area (Å²) in [4.78, 5) is 19.3. The quantitative estimate of drug-likeness (QED) is 0.648. The van der Waals surface area contributed by atoms with Crippen molar-refractivity contribution in [3.8, 4) is 11.5 Å². The van der Waals surface area contributed by atoms with Crippen LogP contribution in [-0.4, -0.2) is 36.1 Å². The number of amides is 1. The summed E-state index contributed by atoms with van der Waals surface area (Å²) in [6.07, 6.45) is 0. The number of hydrogen-bond donors (Lipinski definition) is 0. The first kappa shape index (κ1) is 17.9. The molecular weight excluding hydrogens is 328 g/mol. The van der Waals surface area contributed by atoms with E-state index < -0.39 is 0 Å². The van der Waals surface area contributed by atoms with Crippen LogP contribution in [0.15, 0.2) is 65.1 Å². The number of oxazole rings is 1. The summed E-state index contributed by atoms with van der Waals surface area (Å²) in [7, 11) is 1.63. The van der Waals surface area contributed by atoms with E-state index in [1.807, 2.05) is 60.7 Å². The molecule has 1 heterocycles. The van der Waals surface area contributed by atoms with Crippen molar-refractivity contribution in [1.29, 1.82) is 0 Å². The second-order valence-corrected chi connectivity index (χ2v) is 5.99. The van der Waals surface area contributed by atoms with E-state index in [-0.39, 0.29) is 5.91 Å². The first-order chi connectivity index (χ1) is 12.7. The van der Waals surface area contributed by atoms with Crippen LogP contribution in [0.5, 0.6) is 0 Å². The highest BCUT2D eigenvalue weighted by atomic mass is 16.5. The molecule has 0 unspecified atom stereocenters. The average Bonchev–Trinajstić information content (AvgIpc) is 3.08. The molecule has 0 N–H and O–H groups in total. The van der Waals surface area contributed by atoms with Gasteiger partial charge >= 0.3 is 0 Å². The van der Waals surface area contributed by atoms with Crippen LogP contribution in [0.1, 0.15) is 21.8 Å². The van der Waals surface area contributed by atoms with Crippen LogP contribution in [0, 0.1) is 6.92 Å². The zero-order valence-corrected chi connectivity index (χ0v) is 15.0. The molecular formula is C21H22N2O3. The number of carbonyl (C=O) groups is 1. The summed E-state index contributed by atoms with van der Waals surface area (Å²) in [6, 6.07) is 19.4. The third-order valence-corrected chi connectivity index (χ3v) is 4.09. The molecule has 3 rings (SSSR count). The number of nitrogens with zero attached hydrogens (tertiary/aromatic N) is 2. The van der Waals surface area contributed by atoms with Crippen molar-refractivity contribution < 1.29 is 13.9 Å². The minimum Gasteiger partial charge on any atom is -0.441 e. The fourth-order valence-electron chi connectivity index (χ4n) is 2.71. The number of carbonyl (C=O) groups excluding carboxylic acids is 1. The number of hydrogen-bond acceptors (Lipinski definition) is 4. The van der Waals surface area contributed by atoms with Gasteiger partial charge in [0.2, 0.25) is 5.89 Å². The Morgan fingerprint density at radius 2 is 1.73 bits per heavy atom. The zero-order chi connectivity index (χ0) is 18.4. The number of aryl methyl sites for hydroxylation is 1. The van der Waals surface area contributed by atoms with E-state index in [1.54, 1.807) is 18.9 Å². The Hall–Kier alpha value is -2.92. The Kier molecular flexibility index (Phi) is 5.81.